The molecular formula is C10H13N5O4. The van der Waals surface area contributed by atoms with Crippen LogP contribution in [-0.4, -0.2) is 26.4 Å². The van der Waals surface area contributed by atoms with Crippen LogP contribution in [0.2, 0.25) is 0 Å². The van der Waals surface area contributed by atoms with Crippen molar-refractivity contribution in [1.82, 2.24) is 15.0 Å². The number of H-pyrrole nitrogens is 1. The summed E-state index contributed by atoms with van der Waals surface area (Å²) in [4.78, 5) is 35.6. The van der Waals surface area contributed by atoms with Crippen LogP contribution >= 0.6 is 0 Å². The van der Waals surface area contributed by atoms with E-state index in [9.17, 15) is 19.5 Å². The van der Waals surface area contributed by atoms with Crippen LogP contribution in [0.5, 0.6) is 5.88 Å². The van der Waals surface area contributed by atoms with Gasteiger partial charge in [0.2, 0.25) is 5.88 Å². The number of rotatable bonds is 4. The molecule has 19 heavy (non-hydrogen) atoms. The van der Waals surface area contributed by atoms with Crippen molar-refractivity contribution in [3.63, 3.8) is 0 Å². The Bertz CT molecular complexity index is 655. The highest BCUT2D eigenvalue weighted by Crippen LogP contribution is 2.10. The minimum atomic E-state index is -0.922. The van der Waals surface area contributed by atoms with Gasteiger partial charge in [-0.3, -0.25) is 14.3 Å². The van der Waals surface area contributed by atoms with Gasteiger partial charge in [0.15, 0.2) is 0 Å². The van der Waals surface area contributed by atoms with Crippen LogP contribution in [0.1, 0.15) is 12.5 Å². The van der Waals surface area contributed by atoms with E-state index in [0.717, 1.165) is 4.57 Å². The average molecular weight is 267 g/mol. The second kappa shape index (κ2) is 5.67. The van der Waals surface area contributed by atoms with Gasteiger partial charge in [0, 0.05) is 6.54 Å². The maximum Gasteiger partial charge on any atom is 0.332 e. The van der Waals surface area contributed by atoms with Crippen molar-refractivity contribution in [2.45, 2.75) is 13.5 Å². The van der Waals surface area contributed by atoms with Crippen LogP contribution in [0.25, 0.3) is 0 Å². The van der Waals surface area contributed by atoms with E-state index in [1.807, 2.05) is 10.4 Å². The highest BCUT2D eigenvalue weighted by Gasteiger charge is 2.16. The van der Waals surface area contributed by atoms with Gasteiger partial charge in [0.1, 0.15) is 5.56 Å². The number of carbonyl (C=O) groups excluding carboxylic acids is 1. The lowest BCUT2D eigenvalue weighted by Crippen LogP contribution is -2.34. The Balaban J connectivity index is 3.43. The zero-order chi connectivity index (χ0) is 14.6. The van der Waals surface area contributed by atoms with E-state index in [1.54, 1.807) is 0 Å². The number of allylic oxidation sites excluding steroid dienone is 1. The topological polar surface area (TPSA) is 143 Å². The van der Waals surface area contributed by atoms with Crippen molar-refractivity contribution in [2.75, 3.05) is 0 Å². The van der Waals surface area contributed by atoms with Crippen molar-refractivity contribution in [3.05, 3.63) is 39.1 Å². The average Bonchev–Trinajstić information content (AvgIpc) is 2.31. The van der Waals surface area contributed by atoms with E-state index in [-0.39, 0.29) is 17.8 Å². The fourth-order valence-electron chi connectivity index (χ4n) is 1.38. The maximum absolute atomic E-state index is 11.6. The summed E-state index contributed by atoms with van der Waals surface area (Å²) in [6.07, 6.45) is 1.37. The summed E-state index contributed by atoms with van der Waals surface area (Å²) in [6, 6.07) is -0.922. The first kappa shape index (κ1) is 14.2. The second-order valence-corrected chi connectivity index (χ2v) is 3.53. The summed E-state index contributed by atoms with van der Waals surface area (Å²) in [7, 11) is 0. The highest BCUT2D eigenvalue weighted by molar-refractivity contribution is 6.00. The molecule has 9 heteroatoms. The molecule has 1 heterocycles. The summed E-state index contributed by atoms with van der Waals surface area (Å²) in [5.41, 5.74) is 4.90. The number of hydrogen-bond acceptors (Lipinski definition) is 5. The number of hydrazone groups is 1. The summed E-state index contributed by atoms with van der Waals surface area (Å²) in [5, 5.41) is 13.4. The van der Waals surface area contributed by atoms with Gasteiger partial charge in [-0.15, -0.1) is 6.58 Å². The van der Waals surface area contributed by atoms with Gasteiger partial charge in [-0.05, 0) is 6.92 Å². The zero-order valence-electron chi connectivity index (χ0n) is 10.1. The van der Waals surface area contributed by atoms with Gasteiger partial charge in [-0.25, -0.2) is 15.0 Å². The van der Waals surface area contributed by atoms with Crippen molar-refractivity contribution in [3.8, 4) is 5.88 Å². The predicted octanol–water partition coefficient (Wildman–Crippen LogP) is -1.18. The fourth-order valence-corrected chi connectivity index (χ4v) is 1.38. The number of hydrogen-bond donors (Lipinski definition) is 4. The van der Waals surface area contributed by atoms with Crippen LogP contribution in [-0.2, 0) is 6.54 Å². The number of aromatic hydroxyl groups is 1. The van der Waals surface area contributed by atoms with Gasteiger partial charge < -0.3 is 10.8 Å². The molecule has 0 aliphatic heterocycles. The molecule has 102 valence electrons. The molecule has 0 aromatic carbocycles. The first-order valence-corrected chi connectivity index (χ1v) is 5.15. The molecule has 0 bridgehead atoms. The fraction of sp³-hybridized carbons (Fsp3) is 0.200. The van der Waals surface area contributed by atoms with E-state index in [2.05, 4.69) is 11.7 Å². The Morgan fingerprint density at radius 1 is 1.63 bits per heavy atom. The molecule has 1 rings (SSSR count). The number of primary amides is 1. The van der Waals surface area contributed by atoms with Crippen LogP contribution in [0.4, 0.5) is 4.79 Å². The van der Waals surface area contributed by atoms with E-state index in [0.29, 0.717) is 0 Å². The molecule has 0 unspecified atom stereocenters. The Kier molecular flexibility index (Phi) is 4.24. The Morgan fingerprint density at radius 3 is 2.79 bits per heavy atom. The van der Waals surface area contributed by atoms with Crippen LogP contribution in [0, 0.1) is 0 Å². The Hall–Kier alpha value is -2.84. The van der Waals surface area contributed by atoms with Crippen molar-refractivity contribution in [2.24, 2.45) is 10.8 Å². The summed E-state index contributed by atoms with van der Waals surface area (Å²) < 4.78 is 0.896. The first-order valence-electron chi connectivity index (χ1n) is 5.15. The van der Waals surface area contributed by atoms with E-state index >= 15 is 0 Å². The van der Waals surface area contributed by atoms with Gasteiger partial charge in [0.05, 0.1) is 5.71 Å². The third-order valence-corrected chi connectivity index (χ3v) is 2.18. The van der Waals surface area contributed by atoms with E-state index < -0.39 is 23.2 Å². The van der Waals surface area contributed by atoms with Crippen LogP contribution in [0.3, 0.4) is 0 Å². The lowest BCUT2D eigenvalue weighted by atomic mass is 10.2. The zero-order valence-corrected chi connectivity index (χ0v) is 10.1. The molecule has 0 atom stereocenters. The summed E-state index contributed by atoms with van der Waals surface area (Å²) in [5.74, 6) is -0.568. The standard InChI is InChI=1S/C10H13N5O4/c1-3-4-15-8(17)6(7(16)12-10(15)19)5(2)13-14-9(11)18/h3,17H,1,4H2,2H3,(H3,11,14,18)(H,12,16,19)/b13-5-. The molecule has 5 N–H and O–H groups in total. The highest BCUT2D eigenvalue weighted by atomic mass is 16.3. The van der Waals surface area contributed by atoms with Crippen LogP contribution < -0.4 is 22.4 Å². The normalized spacial score (nSPS) is 11.1. The molecule has 0 fully saturated rings. The Labute approximate surface area is 107 Å². The number of nitrogens with zero attached hydrogens (tertiary/aromatic N) is 2. The number of urea groups is 1. The van der Waals surface area contributed by atoms with E-state index in [4.69, 9.17) is 5.73 Å². The second-order valence-electron chi connectivity index (χ2n) is 3.53. The number of aromatic amines is 1. The predicted molar refractivity (Wildman–Crippen MR) is 68.1 cm³/mol. The lowest BCUT2D eigenvalue weighted by Gasteiger charge is -2.09. The molecule has 2 amide bonds. The maximum atomic E-state index is 11.6. The minimum absolute atomic E-state index is 0.00429. The van der Waals surface area contributed by atoms with Gasteiger partial charge in [0.25, 0.3) is 5.56 Å². The molecule has 0 spiro atoms. The summed E-state index contributed by atoms with van der Waals surface area (Å²) >= 11 is 0. The molecule has 0 aliphatic carbocycles. The SMILES string of the molecule is C=CCn1c(O)c(/C(C)=N\NC(N)=O)c(=O)[nH]c1=O. The quantitative estimate of drug-likeness (QED) is 0.309. The molecule has 1 aromatic heterocycles. The van der Waals surface area contributed by atoms with Gasteiger partial charge >= 0.3 is 11.7 Å². The van der Waals surface area contributed by atoms with Crippen LogP contribution in [0.15, 0.2) is 27.3 Å². The van der Waals surface area contributed by atoms with Crippen molar-refractivity contribution < 1.29 is 9.90 Å². The molecular weight excluding hydrogens is 254 g/mol. The van der Waals surface area contributed by atoms with Crippen molar-refractivity contribution >= 4 is 11.7 Å². The largest absolute Gasteiger partial charge is 0.494 e. The van der Waals surface area contributed by atoms with Crippen molar-refractivity contribution in [1.29, 1.82) is 0 Å². The molecule has 0 radical (unpaired) electrons. The number of carbonyl (C=O) groups is 1. The third-order valence-electron chi connectivity index (χ3n) is 2.18. The number of amides is 2. The lowest BCUT2D eigenvalue weighted by molar-refractivity contribution is 0.249. The van der Waals surface area contributed by atoms with Gasteiger partial charge in [-0.1, -0.05) is 6.08 Å². The molecule has 1 aromatic rings. The number of aromatic nitrogens is 2. The third kappa shape index (κ3) is 3.09. The van der Waals surface area contributed by atoms with Gasteiger partial charge in [-0.2, -0.15) is 5.10 Å². The first-order chi connectivity index (χ1) is 8.88. The number of nitrogens with one attached hydrogen (secondary N) is 2. The Morgan fingerprint density at radius 2 is 2.26 bits per heavy atom. The number of nitrogens with two attached hydrogens (primary N) is 1. The molecule has 0 aliphatic rings. The molecule has 0 saturated carbocycles. The monoisotopic (exact) mass is 267 g/mol. The molecule has 0 saturated heterocycles. The smallest absolute Gasteiger partial charge is 0.332 e. The van der Waals surface area contributed by atoms with E-state index in [1.165, 1.54) is 13.0 Å². The molecule has 9 nitrogen and oxygen atoms in total. The summed E-state index contributed by atoms with van der Waals surface area (Å²) in [6.45, 7) is 4.80. The minimum Gasteiger partial charge on any atom is -0.494 e.